The van der Waals surface area contributed by atoms with E-state index in [9.17, 15) is 9.59 Å². The average molecular weight is 319 g/mol. The van der Waals surface area contributed by atoms with E-state index >= 15 is 0 Å². The Morgan fingerprint density at radius 2 is 1.95 bits per heavy atom. The molecule has 5 nitrogen and oxygen atoms in total. The number of methoxy groups -OCH3 is 1. The van der Waals surface area contributed by atoms with Gasteiger partial charge < -0.3 is 15.4 Å². The number of halogens is 2. The molecule has 0 aliphatic rings. The number of carbonyl (C=O) groups is 2. The Balaban J connectivity index is 2.79. The van der Waals surface area contributed by atoms with Gasteiger partial charge in [-0.05, 0) is 24.6 Å². The first-order valence-corrected chi connectivity index (χ1v) is 6.65. The Morgan fingerprint density at radius 1 is 1.30 bits per heavy atom. The van der Waals surface area contributed by atoms with E-state index in [0.29, 0.717) is 15.7 Å². The monoisotopic (exact) mass is 318 g/mol. The number of hydrogen-bond donors (Lipinski definition) is 2. The maximum absolute atomic E-state index is 11.5. The molecule has 0 saturated carbocycles. The number of hydrogen-bond acceptors (Lipinski definition) is 4. The van der Waals surface area contributed by atoms with Gasteiger partial charge >= 0.3 is 5.97 Å². The van der Waals surface area contributed by atoms with Gasteiger partial charge in [-0.25, -0.2) is 4.79 Å². The standard InChI is InChI=1S/C13H16Cl2N2O3/c1-7-4-10(15)11(5-9(7)14)16-6-12(13(19)20-3)17-8(2)18/h4-5,12,16H,6H2,1-3H3,(H,17,18). The van der Waals surface area contributed by atoms with Crippen molar-refractivity contribution in [2.24, 2.45) is 0 Å². The van der Waals surface area contributed by atoms with Crippen molar-refractivity contribution in [2.75, 3.05) is 19.0 Å². The minimum absolute atomic E-state index is 0.144. The predicted octanol–water partition coefficient (Wildman–Crippen LogP) is 2.39. The number of esters is 1. The van der Waals surface area contributed by atoms with Crippen LogP contribution < -0.4 is 10.6 Å². The molecule has 1 unspecified atom stereocenters. The second-order valence-electron chi connectivity index (χ2n) is 4.24. The van der Waals surface area contributed by atoms with Gasteiger partial charge in [0.2, 0.25) is 5.91 Å². The molecule has 1 aromatic carbocycles. The first-order chi connectivity index (χ1) is 9.35. The number of aryl methyl sites for hydroxylation is 1. The quantitative estimate of drug-likeness (QED) is 0.818. The number of benzene rings is 1. The van der Waals surface area contributed by atoms with Crippen LogP contribution in [0.5, 0.6) is 0 Å². The van der Waals surface area contributed by atoms with Gasteiger partial charge in [-0.15, -0.1) is 0 Å². The number of nitrogens with one attached hydrogen (secondary N) is 2. The van der Waals surface area contributed by atoms with Crippen molar-refractivity contribution in [3.63, 3.8) is 0 Å². The van der Waals surface area contributed by atoms with Crippen LogP contribution in [-0.4, -0.2) is 31.6 Å². The fourth-order valence-corrected chi connectivity index (χ4v) is 2.02. The van der Waals surface area contributed by atoms with Crippen LogP contribution in [0.15, 0.2) is 12.1 Å². The highest BCUT2D eigenvalue weighted by molar-refractivity contribution is 6.35. The fraction of sp³-hybridized carbons (Fsp3) is 0.385. The van der Waals surface area contributed by atoms with Gasteiger partial charge in [0, 0.05) is 18.5 Å². The van der Waals surface area contributed by atoms with Crippen LogP contribution in [0.1, 0.15) is 12.5 Å². The van der Waals surface area contributed by atoms with Crippen molar-refractivity contribution >= 4 is 40.8 Å². The summed E-state index contributed by atoms with van der Waals surface area (Å²) in [7, 11) is 1.26. The van der Waals surface area contributed by atoms with Gasteiger partial charge in [0.25, 0.3) is 0 Å². The van der Waals surface area contributed by atoms with E-state index in [1.807, 2.05) is 6.92 Å². The lowest BCUT2D eigenvalue weighted by atomic mass is 10.2. The molecule has 0 aliphatic carbocycles. The lowest BCUT2D eigenvalue weighted by Crippen LogP contribution is -2.45. The van der Waals surface area contributed by atoms with Crippen LogP contribution in [0.2, 0.25) is 10.0 Å². The second kappa shape index (κ2) is 7.36. The van der Waals surface area contributed by atoms with Crippen LogP contribution in [0.25, 0.3) is 0 Å². The van der Waals surface area contributed by atoms with Gasteiger partial charge in [0.05, 0.1) is 17.8 Å². The Bertz CT molecular complexity index is 521. The molecule has 20 heavy (non-hydrogen) atoms. The largest absolute Gasteiger partial charge is 0.467 e. The lowest BCUT2D eigenvalue weighted by molar-refractivity contribution is -0.144. The van der Waals surface area contributed by atoms with Gasteiger partial charge in [-0.3, -0.25) is 4.79 Å². The molecule has 1 atom stereocenters. The van der Waals surface area contributed by atoms with Gasteiger partial charge in [0.1, 0.15) is 6.04 Å². The summed E-state index contributed by atoms with van der Waals surface area (Å²) < 4.78 is 4.62. The Morgan fingerprint density at radius 3 is 2.50 bits per heavy atom. The highest BCUT2D eigenvalue weighted by Gasteiger charge is 2.20. The maximum atomic E-state index is 11.5. The second-order valence-corrected chi connectivity index (χ2v) is 5.05. The number of amides is 1. The molecule has 110 valence electrons. The molecule has 0 fully saturated rings. The Kier molecular flexibility index (Phi) is 6.10. The number of ether oxygens (including phenoxy) is 1. The summed E-state index contributed by atoms with van der Waals surface area (Å²) >= 11 is 12.1. The SMILES string of the molecule is COC(=O)C(CNc1cc(Cl)c(C)cc1Cl)NC(C)=O. The third kappa shape index (κ3) is 4.58. The lowest BCUT2D eigenvalue weighted by Gasteiger charge is -2.17. The third-order valence-electron chi connectivity index (χ3n) is 2.61. The maximum Gasteiger partial charge on any atom is 0.330 e. The van der Waals surface area contributed by atoms with E-state index < -0.39 is 12.0 Å². The van der Waals surface area contributed by atoms with Crippen molar-refractivity contribution in [3.8, 4) is 0 Å². The Labute approximate surface area is 127 Å². The minimum Gasteiger partial charge on any atom is -0.467 e. The van der Waals surface area contributed by atoms with E-state index in [1.165, 1.54) is 14.0 Å². The Hall–Kier alpha value is -1.46. The van der Waals surface area contributed by atoms with Crippen molar-refractivity contribution in [1.29, 1.82) is 0 Å². The van der Waals surface area contributed by atoms with Crippen LogP contribution in [0.3, 0.4) is 0 Å². The molecule has 0 saturated heterocycles. The molecule has 1 aromatic rings. The molecule has 0 bridgehead atoms. The van der Waals surface area contributed by atoms with E-state index in [4.69, 9.17) is 23.2 Å². The van der Waals surface area contributed by atoms with Crippen LogP contribution in [-0.2, 0) is 14.3 Å². The van der Waals surface area contributed by atoms with Crippen molar-refractivity contribution in [3.05, 3.63) is 27.7 Å². The van der Waals surface area contributed by atoms with Crippen molar-refractivity contribution in [1.82, 2.24) is 5.32 Å². The number of rotatable bonds is 5. The van der Waals surface area contributed by atoms with Crippen LogP contribution >= 0.6 is 23.2 Å². The first kappa shape index (κ1) is 16.6. The highest BCUT2D eigenvalue weighted by Crippen LogP contribution is 2.28. The molecule has 0 aliphatic heterocycles. The molecular weight excluding hydrogens is 303 g/mol. The molecule has 0 aromatic heterocycles. The zero-order chi connectivity index (χ0) is 15.3. The van der Waals surface area contributed by atoms with Crippen LogP contribution in [0, 0.1) is 6.92 Å². The predicted molar refractivity (Wildman–Crippen MR) is 79.3 cm³/mol. The normalized spacial score (nSPS) is 11.7. The zero-order valence-electron chi connectivity index (χ0n) is 11.4. The van der Waals surface area contributed by atoms with E-state index in [2.05, 4.69) is 15.4 Å². The average Bonchev–Trinajstić information content (AvgIpc) is 2.38. The summed E-state index contributed by atoms with van der Waals surface area (Å²) in [6, 6.07) is 2.59. The van der Waals surface area contributed by atoms with E-state index in [1.54, 1.807) is 12.1 Å². The smallest absolute Gasteiger partial charge is 0.330 e. The summed E-state index contributed by atoms with van der Waals surface area (Å²) in [5, 5.41) is 6.51. The number of carbonyl (C=O) groups excluding carboxylic acids is 2. The molecule has 1 amide bonds. The zero-order valence-corrected chi connectivity index (χ0v) is 12.9. The molecule has 2 N–H and O–H groups in total. The summed E-state index contributed by atoms with van der Waals surface area (Å²) in [6.45, 7) is 3.31. The summed E-state index contributed by atoms with van der Waals surface area (Å²) in [5.41, 5.74) is 1.44. The van der Waals surface area contributed by atoms with E-state index in [0.717, 1.165) is 5.56 Å². The molecular formula is C13H16Cl2N2O3. The molecule has 7 heteroatoms. The van der Waals surface area contributed by atoms with Gasteiger partial charge in [-0.1, -0.05) is 23.2 Å². The third-order valence-corrected chi connectivity index (χ3v) is 3.33. The van der Waals surface area contributed by atoms with E-state index in [-0.39, 0.29) is 12.5 Å². The minimum atomic E-state index is -0.798. The van der Waals surface area contributed by atoms with Crippen LogP contribution in [0.4, 0.5) is 5.69 Å². The highest BCUT2D eigenvalue weighted by atomic mass is 35.5. The topological polar surface area (TPSA) is 67.4 Å². The number of anilines is 1. The first-order valence-electron chi connectivity index (χ1n) is 5.89. The van der Waals surface area contributed by atoms with Gasteiger partial charge in [0.15, 0.2) is 0 Å². The van der Waals surface area contributed by atoms with Crippen molar-refractivity contribution in [2.45, 2.75) is 19.9 Å². The van der Waals surface area contributed by atoms with Crippen molar-refractivity contribution < 1.29 is 14.3 Å². The summed E-state index contributed by atoms with van der Waals surface area (Å²) in [6.07, 6.45) is 0. The summed E-state index contributed by atoms with van der Waals surface area (Å²) in [4.78, 5) is 22.6. The molecule has 0 heterocycles. The van der Waals surface area contributed by atoms with Gasteiger partial charge in [-0.2, -0.15) is 0 Å². The summed E-state index contributed by atoms with van der Waals surface area (Å²) in [5.74, 6) is -0.864. The molecule has 0 spiro atoms. The molecule has 1 rings (SSSR count). The molecule has 0 radical (unpaired) electrons. The fourth-order valence-electron chi connectivity index (χ4n) is 1.57.